The van der Waals surface area contributed by atoms with E-state index in [0.717, 1.165) is 24.0 Å². The minimum atomic E-state index is -0.455. The average molecular weight is 256 g/mol. The summed E-state index contributed by atoms with van der Waals surface area (Å²) in [5.74, 6) is 0.406. The fraction of sp³-hybridized carbons (Fsp3) is 0.462. The zero-order valence-electron chi connectivity index (χ0n) is 10.5. The van der Waals surface area contributed by atoms with Gasteiger partial charge in [0.05, 0.1) is 5.02 Å². The second-order valence-electron chi connectivity index (χ2n) is 4.04. The number of hydrogen-bond donors (Lipinski definition) is 1. The van der Waals surface area contributed by atoms with Crippen LogP contribution in [0.15, 0.2) is 12.1 Å². The maximum absolute atomic E-state index is 11.4. The van der Waals surface area contributed by atoms with Crippen LogP contribution in [-0.4, -0.2) is 12.6 Å². The van der Waals surface area contributed by atoms with Gasteiger partial charge >= 0.3 is 6.09 Å². The van der Waals surface area contributed by atoms with Gasteiger partial charge in [0.25, 0.3) is 0 Å². The van der Waals surface area contributed by atoms with E-state index in [2.05, 4.69) is 12.2 Å². The van der Waals surface area contributed by atoms with E-state index in [0.29, 0.717) is 17.3 Å². The molecule has 0 bridgehead atoms. The highest BCUT2D eigenvalue weighted by molar-refractivity contribution is 6.32. The van der Waals surface area contributed by atoms with E-state index < -0.39 is 6.09 Å². The van der Waals surface area contributed by atoms with Crippen molar-refractivity contribution in [1.82, 2.24) is 5.32 Å². The van der Waals surface area contributed by atoms with Crippen molar-refractivity contribution >= 4 is 17.7 Å². The first-order valence-corrected chi connectivity index (χ1v) is 6.14. The van der Waals surface area contributed by atoms with Crippen LogP contribution in [0.5, 0.6) is 5.75 Å². The lowest BCUT2D eigenvalue weighted by atomic mass is 10.1. The van der Waals surface area contributed by atoms with Gasteiger partial charge in [0.15, 0.2) is 5.75 Å². The van der Waals surface area contributed by atoms with E-state index in [1.165, 1.54) is 0 Å². The number of carbonyl (C=O) groups excluding carboxylic acids is 1. The van der Waals surface area contributed by atoms with E-state index in [9.17, 15) is 4.79 Å². The number of ether oxygens (including phenoxy) is 1. The number of hydrogen-bond acceptors (Lipinski definition) is 2. The minimum Gasteiger partial charge on any atom is -0.409 e. The molecule has 0 heterocycles. The maximum Gasteiger partial charge on any atom is 0.412 e. The first kappa shape index (κ1) is 13.8. The molecule has 1 rings (SSSR count). The van der Waals surface area contributed by atoms with Crippen molar-refractivity contribution in [3.05, 3.63) is 28.3 Å². The minimum absolute atomic E-state index is 0.406. The van der Waals surface area contributed by atoms with Crippen LogP contribution in [0.1, 0.15) is 30.9 Å². The summed E-state index contributed by atoms with van der Waals surface area (Å²) in [6, 6.07) is 3.57. The largest absolute Gasteiger partial charge is 0.412 e. The SMILES string of the molecule is CCCCNC(=O)Oc1cc(C)c(C)cc1Cl. The lowest BCUT2D eigenvalue weighted by Gasteiger charge is -2.09. The Bertz CT molecular complexity index is 405. The molecule has 94 valence electrons. The third-order valence-electron chi connectivity index (χ3n) is 2.55. The van der Waals surface area contributed by atoms with Gasteiger partial charge < -0.3 is 10.1 Å². The molecule has 0 unspecified atom stereocenters. The summed E-state index contributed by atoms with van der Waals surface area (Å²) in [4.78, 5) is 11.4. The molecule has 4 heteroatoms. The molecule has 0 aliphatic carbocycles. The molecule has 0 atom stereocenters. The number of halogens is 1. The van der Waals surface area contributed by atoms with E-state index in [4.69, 9.17) is 16.3 Å². The van der Waals surface area contributed by atoms with E-state index in [1.807, 2.05) is 13.8 Å². The van der Waals surface area contributed by atoms with Gasteiger partial charge in [0.1, 0.15) is 0 Å². The predicted octanol–water partition coefficient (Wildman–Crippen LogP) is 3.85. The Labute approximate surface area is 107 Å². The van der Waals surface area contributed by atoms with Crippen molar-refractivity contribution in [2.45, 2.75) is 33.6 Å². The van der Waals surface area contributed by atoms with Gasteiger partial charge in [-0.05, 0) is 43.5 Å². The Morgan fingerprint density at radius 1 is 1.35 bits per heavy atom. The number of rotatable bonds is 4. The van der Waals surface area contributed by atoms with Gasteiger partial charge in [-0.25, -0.2) is 4.79 Å². The second kappa shape index (κ2) is 6.50. The van der Waals surface area contributed by atoms with Crippen molar-refractivity contribution in [3.8, 4) is 5.75 Å². The molecule has 0 saturated carbocycles. The van der Waals surface area contributed by atoms with Crippen molar-refractivity contribution in [2.24, 2.45) is 0 Å². The summed E-state index contributed by atoms with van der Waals surface area (Å²) in [6.45, 7) is 6.60. The lowest BCUT2D eigenvalue weighted by molar-refractivity contribution is 0.200. The highest BCUT2D eigenvalue weighted by atomic mass is 35.5. The molecule has 1 N–H and O–H groups in total. The Hall–Kier alpha value is -1.22. The van der Waals surface area contributed by atoms with Crippen LogP contribution in [0, 0.1) is 13.8 Å². The molecule has 1 aromatic rings. The average Bonchev–Trinajstić information content (AvgIpc) is 2.26. The molecule has 0 saturated heterocycles. The van der Waals surface area contributed by atoms with Crippen LogP contribution in [0.3, 0.4) is 0 Å². The standard InChI is InChI=1S/C13H18ClNO2/c1-4-5-6-15-13(16)17-12-8-10(3)9(2)7-11(12)14/h7-8H,4-6H2,1-3H3,(H,15,16). The third-order valence-corrected chi connectivity index (χ3v) is 2.85. The Morgan fingerprint density at radius 2 is 2.00 bits per heavy atom. The number of nitrogens with one attached hydrogen (secondary N) is 1. The summed E-state index contributed by atoms with van der Waals surface area (Å²) < 4.78 is 5.15. The molecule has 0 spiro atoms. The van der Waals surface area contributed by atoms with Crippen LogP contribution < -0.4 is 10.1 Å². The summed E-state index contributed by atoms with van der Waals surface area (Å²) in [7, 11) is 0. The van der Waals surface area contributed by atoms with Gasteiger partial charge in [0.2, 0.25) is 0 Å². The van der Waals surface area contributed by atoms with Crippen LogP contribution in [0.4, 0.5) is 4.79 Å². The first-order chi connectivity index (χ1) is 8.04. The number of amides is 1. The zero-order valence-corrected chi connectivity index (χ0v) is 11.2. The van der Waals surface area contributed by atoms with E-state index in [-0.39, 0.29) is 0 Å². The molecule has 3 nitrogen and oxygen atoms in total. The fourth-order valence-electron chi connectivity index (χ4n) is 1.34. The van der Waals surface area contributed by atoms with Gasteiger partial charge in [-0.2, -0.15) is 0 Å². The molecule has 0 fully saturated rings. The number of benzene rings is 1. The van der Waals surface area contributed by atoms with Gasteiger partial charge in [-0.15, -0.1) is 0 Å². The number of unbranched alkanes of at least 4 members (excludes halogenated alkanes) is 1. The van der Waals surface area contributed by atoms with Gasteiger partial charge in [0, 0.05) is 6.54 Å². The first-order valence-electron chi connectivity index (χ1n) is 5.77. The van der Waals surface area contributed by atoms with E-state index in [1.54, 1.807) is 12.1 Å². The van der Waals surface area contributed by atoms with Gasteiger partial charge in [-0.1, -0.05) is 24.9 Å². The fourth-order valence-corrected chi connectivity index (χ4v) is 1.59. The Morgan fingerprint density at radius 3 is 2.65 bits per heavy atom. The third kappa shape index (κ3) is 4.27. The highest BCUT2D eigenvalue weighted by Crippen LogP contribution is 2.27. The Kier molecular flexibility index (Phi) is 5.29. The quantitative estimate of drug-likeness (QED) is 0.830. The lowest BCUT2D eigenvalue weighted by Crippen LogP contribution is -2.27. The molecular formula is C13H18ClNO2. The normalized spacial score (nSPS) is 10.1. The van der Waals surface area contributed by atoms with Crippen LogP contribution in [-0.2, 0) is 0 Å². The van der Waals surface area contributed by atoms with Crippen molar-refractivity contribution < 1.29 is 9.53 Å². The summed E-state index contributed by atoms with van der Waals surface area (Å²) >= 11 is 6.00. The van der Waals surface area contributed by atoms with Crippen LogP contribution in [0.25, 0.3) is 0 Å². The topological polar surface area (TPSA) is 38.3 Å². The molecule has 0 aliphatic rings. The monoisotopic (exact) mass is 255 g/mol. The molecule has 1 aromatic carbocycles. The number of carbonyl (C=O) groups is 1. The molecule has 17 heavy (non-hydrogen) atoms. The summed E-state index contributed by atoms with van der Waals surface area (Å²) in [5.41, 5.74) is 2.12. The summed E-state index contributed by atoms with van der Waals surface area (Å²) in [5, 5.41) is 3.13. The second-order valence-corrected chi connectivity index (χ2v) is 4.44. The van der Waals surface area contributed by atoms with Crippen molar-refractivity contribution in [1.29, 1.82) is 0 Å². The smallest absolute Gasteiger partial charge is 0.409 e. The molecule has 0 aliphatic heterocycles. The highest BCUT2D eigenvalue weighted by Gasteiger charge is 2.09. The maximum atomic E-state index is 11.4. The summed E-state index contributed by atoms with van der Waals surface area (Å²) in [6.07, 6.45) is 1.52. The van der Waals surface area contributed by atoms with Crippen LogP contribution in [0.2, 0.25) is 5.02 Å². The zero-order chi connectivity index (χ0) is 12.8. The van der Waals surface area contributed by atoms with E-state index >= 15 is 0 Å². The molecule has 0 radical (unpaired) electrons. The molecular weight excluding hydrogens is 238 g/mol. The predicted molar refractivity (Wildman–Crippen MR) is 69.9 cm³/mol. The van der Waals surface area contributed by atoms with Crippen LogP contribution >= 0.6 is 11.6 Å². The Balaban J connectivity index is 2.62. The molecule has 1 amide bonds. The van der Waals surface area contributed by atoms with Crippen molar-refractivity contribution in [2.75, 3.05) is 6.54 Å². The molecule has 0 aromatic heterocycles. The number of aryl methyl sites for hydroxylation is 2. The van der Waals surface area contributed by atoms with Crippen molar-refractivity contribution in [3.63, 3.8) is 0 Å². The van der Waals surface area contributed by atoms with Gasteiger partial charge in [-0.3, -0.25) is 0 Å².